The number of benzene rings is 2. The Bertz CT molecular complexity index is 1510. The summed E-state index contributed by atoms with van der Waals surface area (Å²) in [5.74, 6) is 2.16. The van der Waals surface area contributed by atoms with Gasteiger partial charge in [-0.3, -0.25) is 0 Å². The smallest absolute Gasteiger partial charge is 0.234 e. The van der Waals surface area contributed by atoms with Crippen LogP contribution in [0.4, 0.5) is 11.5 Å². The van der Waals surface area contributed by atoms with Crippen molar-refractivity contribution in [1.29, 1.82) is 10.5 Å². The van der Waals surface area contributed by atoms with Crippen LogP contribution in [0.25, 0.3) is 10.8 Å². The lowest BCUT2D eigenvalue weighted by atomic mass is 9.94. The number of fused-ring (bicyclic) bond motifs is 2. The first kappa shape index (κ1) is 27.1. The summed E-state index contributed by atoms with van der Waals surface area (Å²) in [4.78, 5) is 12.0. The number of methoxy groups -OCH3 is 1. The topological polar surface area (TPSA) is 101 Å². The van der Waals surface area contributed by atoms with Gasteiger partial charge in [0.05, 0.1) is 19.6 Å². The molecule has 3 aliphatic heterocycles. The summed E-state index contributed by atoms with van der Waals surface area (Å²) in [6.45, 7) is 5.23. The van der Waals surface area contributed by atoms with Gasteiger partial charge in [-0.2, -0.15) is 15.5 Å². The maximum Gasteiger partial charge on any atom is 0.234 e. The van der Waals surface area contributed by atoms with Crippen molar-refractivity contribution in [2.45, 2.75) is 44.3 Å². The third kappa shape index (κ3) is 5.24. The minimum atomic E-state index is 0.0848. The molecule has 2 fully saturated rings. The molecule has 0 unspecified atom stereocenters. The van der Waals surface area contributed by atoms with Crippen molar-refractivity contribution in [3.63, 3.8) is 0 Å². The number of piperazine rings is 1. The van der Waals surface area contributed by atoms with Crippen molar-refractivity contribution in [3.05, 3.63) is 53.1 Å². The molecule has 9 nitrogen and oxygen atoms in total. The van der Waals surface area contributed by atoms with Crippen LogP contribution in [-0.4, -0.2) is 75.5 Å². The van der Waals surface area contributed by atoms with Crippen LogP contribution in [0, 0.1) is 22.7 Å². The van der Waals surface area contributed by atoms with E-state index in [1.807, 2.05) is 12.1 Å². The summed E-state index contributed by atoms with van der Waals surface area (Å²) in [6.07, 6.45) is 3.45. The van der Waals surface area contributed by atoms with Gasteiger partial charge >= 0.3 is 0 Å². The van der Waals surface area contributed by atoms with Crippen LogP contribution in [0.15, 0.2) is 36.4 Å². The second-order valence-electron chi connectivity index (χ2n) is 11.2. The van der Waals surface area contributed by atoms with E-state index in [4.69, 9.17) is 14.5 Å². The van der Waals surface area contributed by atoms with Gasteiger partial charge in [-0.25, -0.2) is 0 Å². The van der Waals surface area contributed by atoms with E-state index in [2.05, 4.69) is 63.5 Å². The molecule has 41 heavy (non-hydrogen) atoms. The van der Waals surface area contributed by atoms with Crippen LogP contribution < -0.4 is 24.6 Å². The zero-order valence-corrected chi connectivity index (χ0v) is 23.9. The van der Waals surface area contributed by atoms with E-state index in [9.17, 15) is 10.5 Å². The molecule has 0 amide bonds. The van der Waals surface area contributed by atoms with Crippen LogP contribution in [-0.2, 0) is 13.0 Å². The molecule has 212 valence electrons. The van der Waals surface area contributed by atoms with Crippen molar-refractivity contribution in [1.82, 2.24) is 15.2 Å². The number of nitrogens with one attached hydrogen (secondary N) is 1. The Morgan fingerprint density at radius 3 is 2.68 bits per heavy atom. The molecule has 9 heteroatoms. The Morgan fingerprint density at radius 1 is 1.07 bits per heavy atom. The Morgan fingerprint density at radius 2 is 1.93 bits per heavy atom. The van der Waals surface area contributed by atoms with E-state index in [0.717, 1.165) is 84.6 Å². The first-order valence-electron chi connectivity index (χ1n) is 14.6. The Balaban J connectivity index is 1.41. The molecule has 2 atom stereocenters. The number of rotatable bonds is 7. The fourth-order valence-electron chi connectivity index (χ4n) is 6.63. The Kier molecular flexibility index (Phi) is 7.82. The quantitative estimate of drug-likeness (QED) is 0.469. The van der Waals surface area contributed by atoms with Gasteiger partial charge in [0.15, 0.2) is 0 Å². The van der Waals surface area contributed by atoms with E-state index >= 15 is 0 Å². The van der Waals surface area contributed by atoms with Gasteiger partial charge in [0, 0.05) is 67.0 Å². The molecule has 2 aromatic carbocycles. The number of likely N-dealkylation sites (tertiary alicyclic amines) is 1. The molecule has 3 aromatic rings. The second kappa shape index (κ2) is 11.8. The van der Waals surface area contributed by atoms with Crippen molar-refractivity contribution in [2.24, 2.45) is 0 Å². The zero-order valence-electron chi connectivity index (χ0n) is 23.9. The molecular weight excluding hydrogens is 514 g/mol. The number of hydrogen-bond donors (Lipinski definition) is 1. The molecule has 0 radical (unpaired) electrons. The van der Waals surface area contributed by atoms with Crippen molar-refractivity contribution in [3.8, 4) is 23.8 Å². The molecule has 3 aliphatic rings. The van der Waals surface area contributed by atoms with Crippen LogP contribution in [0.3, 0.4) is 0 Å². The third-order valence-corrected chi connectivity index (χ3v) is 8.83. The maximum atomic E-state index is 10.5. The predicted molar refractivity (Wildman–Crippen MR) is 160 cm³/mol. The number of hydrogen-bond acceptors (Lipinski definition) is 9. The fourth-order valence-corrected chi connectivity index (χ4v) is 6.63. The van der Waals surface area contributed by atoms with Gasteiger partial charge in [-0.1, -0.05) is 24.3 Å². The highest BCUT2D eigenvalue weighted by atomic mass is 16.5. The van der Waals surface area contributed by atoms with Gasteiger partial charge in [0.1, 0.15) is 29.8 Å². The normalized spacial score (nSPS) is 20.9. The minimum absolute atomic E-state index is 0.0848. The molecule has 6 rings (SSSR count). The molecule has 2 saturated heterocycles. The van der Waals surface area contributed by atoms with Crippen LogP contribution >= 0.6 is 0 Å². The molecule has 1 aromatic heterocycles. The lowest BCUT2D eigenvalue weighted by Gasteiger charge is -2.38. The van der Waals surface area contributed by atoms with Crippen molar-refractivity contribution >= 4 is 22.3 Å². The maximum absolute atomic E-state index is 10.5. The molecule has 4 heterocycles. The first-order valence-corrected chi connectivity index (χ1v) is 14.6. The summed E-state index contributed by atoms with van der Waals surface area (Å²) in [5, 5.41) is 25.5. The number of anilines is 2. The van der Waals surface area contributed by atoms with E-state index in [1.165, 1.54) is 0 Å². The minimum Gasteiger partial charge on any atom is -0.496 e. The second-order valence-corrected chi connectivity index (χ2v) is 11.2. The van der Waals surface area contributed by atoms with Gasteiger partial charge in [-0.15, -0.1) is 0 Å². The number of likely N-dealkylation sites (N-methyl/N-ethyl adjacent to an activating group) is 1. The predicted octanol–water partition coefficient (Wildman–Crippen LogP) is 3.84. The van der Waals surface area contributed by atoms with Gasteiger partial charge < -0.3 is 29.5 Å². The molecule has 0 bridgehead atoms. The Labute approximate surface area is 241 Å². The van der Waals surface area contributed by atoms with E-state index in [-0.39, 0.29) is 6.04 Å². The number of aromatic nitrogens is 1. The van der Waals surface area contributed by atoms with E-state index in [1.54, 1.807) is 7.11 Å². The summed E-state index contributed by atoms with van der Waals surface area (Å²) in [5.41, 5.74) is 3.73. The lowest BCUT2D eigenvalue weighted by Crippen LogP contribution is -2.51. The summed E-state index contributed by atoms with van der Waals surface area (Å²) >= 11 is 0. The molecular formula is C32H37N7O2. The van der Waals surface area contributed by atoms with Gasteiger partial charge in [0.25, 0.3) is 0 Å². The van der Waals surface area contributed by atoms with Crippen LogP contribution in [0.5, 0.6) is 11.6 Å². The standard InChI is InChI=1S/C32H37N7O2/c1-37-15-5-8-24(37)21-41-32-26(18-34)27-20-38(28-9-3-6-22-7-4-10-29(40-2)30(22)28)16-12-25(27)31(36-32)39-17-14-35-23(19-39)11-13-33/h3-4,6-7,9-10,23-24,35H,5,8,11-12,14-17,19-21H2,1-2H3/t23-,24+/m1/s1. The SMILES string of the molecule is COc1cccc2cccc(N3CCc4c(N5CCN[C@H](CC#N)C5)nc(OC[C@@H]5CCCN5C)c(C#N)c4C3)c12. The highest BCUT2D eigenvalue weighted by Crippen LogP contribution is 2.40. The summed E-state index contributed by atoms with van der Waals surface area (Å²) in [6, 6.07) is 17.6. The number of nitrogens with zero attached hydrogens (tertiary/aromatic N) is 6. The largest absolute Gasteiger partial charge is 0.496 e. The van der Waals surface area contributed by atoms with E-state index < -0.39 is 0 Å². The zero-order chi connectivity index (χ0) is 28.3. The molecule has 1 N–H and O–H groups in total. The number of pyridine rings is 1. The van der Waals surface area contributed by atoms with Crippen molar-refractivity contribution in [2.75, 3.05) is 63.3 Å². The third-order valence-electron chi connectivity index (χ3n) is 8.83. The monoisotopic (exact) mass is 551 g/mol. The summed E-state index contributed by atoms with van der Waals surface area (Å²) in [7, 11) is 3.84. The number of nitriles is 2. The average Bonchev–Trinajstić information content (AvgIpc) is 3.43. The highest BCUT2D eigenvalue weighted by Gasteiger charge is 2.32. The molecule has 0 spiro atoms. The lowest BCUT2D eigenvalue weighted by molar-refractivity contribution is 0.192. The van der Waals surface area contributed by atoms with Gasteiger partial charge in [0.2, 0.25) is 5.88 Å². The van der Waals surface area contributed by atoms with Crippen molar-refractivity contribution < 1.29 is 9.47 Å². The molecule has 0 saturated carbocycles. The Hall–Kier alpha value is -4.05. The fraction of sp³-hybridized carbons (Fsp3) is 0.469. The number of ether oxygens (including phenoxy) is 2. The van der Waals surface area contributed by atoms with Gasteiger partial charge in [-0.05, 0) is 50.4 Å². The molecule has 0 aliphatic carbocycles. The van der Waals surface area contributed by atoms with E-state index in [0.29, 0.717) is 43.6 Å². The average molecular weight is 552 g/mol. The first-order chi connectivity index (χ1) is 20.1. The summed E-state index contributed by atoms with van der Waals surface area (Å²) < 4.78 is 12.2. The highest BCUT2D eigenvalue weighted by molar-refractivity contribution is 5.99. The van der Waals surface area contributed by atoms with Crippen LogP contribution in [0.1, 0.15) is 36.0 Å². The van der Waals surface area contributed by atoms with Crippen LogP contribution in [0.2, 0.25) is 0 Å².